The highest BCUT2D eigenvalue weighted by Gasteiger charge is 2.47. The lowest BCUT2D eigenvalue weighted by Gasteiger charge is -2.36. The van der Waals surface area contributed by atoms with Crippen LogP contribution in [0.3, 0.4) is 0 Å². The van der Waals surface area contributed by atoms with Gasteiger partial charge in [0.2, 0.25) is 0 Å². The molecule has 0 amide bonds. The van der Waals surface area contributed by atoms with E-state index in [0.29, 0.717) is 31.6 Å². The number of carbonyl (C=O) groups excluding carboxylic acids is 1. The number of hydrogen-bond donors (Lipinski definition) is 2. The van der Waals surface area contributed by atoms with Crippen molar-refractivity contribution in [3.8, 4) is 0 Å². The number of rotatable bonds is 5. The SMILES string of the molecule is CC1(C(=O)OCCCS)CCCCC1C(=O)O. The molecule has 0 heterocycles. The Hall–Kier alpha value is -0.710. The zero-order valence-electron chi connectivity index (χ0n) is 10.1. The fraction of sp³-hybridized carbons (Fsp3) is 0.833. The van der Waals surface area contributed by atoms with Crippen LogP contribution in [0.2, 0.25) is 0 Å². The summed E-state index contributed by atoms with van der Waals surface area (Å²) in [7, 11) is 0. The number of esters is 1. The molecule has 1 fully saturated rings. The first-order valence-corrected chi connectivity index (χ1v) is 6.66. The maximum Gasteiger partial charge on any atom is 0.312 e. The molecular weight excluding hydrogens is 240 g/mol. The molecule has 1 aliphatic rings. The van der Waals surface area contributed by atoms with E-state index >= 15 is 0 Å². The van der Waals surface area contributed by atoms with Gasteiger partial charge in [-0.05, 0) is 31.9 Å². The Morgan fingerprint density at radius 3 is 2.76 bits per heavy atom. The van der Waals surface area contributed by atoms with Crippen LogP contribution in [0.25, 0.3) is 0 Å². The molecule has 0 saturated heterocycles. The van der Waals surface area contributed by atoms with E-state index in [2.05, 4.69) is 12.6 Å². The second-order valence-electron chi connectivity index (χ2n) is 4.77. The zero-order valence-corrected chi connectivity index (χ0v) is 11.0. The average Bonchev–Trinajstić information content (AvgIpc) is 2.29. The lowest BCUT2D eigenvalue weighted by molar-refractivity contribution is -0.169. The van der Waals surface area contributed by atoms with E-state index in [4.69, 9.17) is 4.74 Å². The summed E-state index contributed by atoms with van der Waals surface area (Å²) in [5.74, 6) is -1.21. The van der Waals surface area contributed by atoms with Crippen molar-refractivity contribution in [2.75, 3.05) is 12.4 Å². The number of carboxylic acid groups (broad SMARTS) is 1. The molecule has 0 aliphatic heterocycles. The molecule has 4 nitrogen and oxygen atoms in total. The molecule has 0 bridgehead atoms. The molecule has 0 aromatic carbocycles. The van der Waals surface area contributed by atoms with Gasteiger partial charge in [-0.2, -0.15) is 12.6 Å². The molecular formula is C12H20O4S. The summed E-state index contributed by atoms with van der Waals surface area (Å²) in [6.07, 6.45) is 3.62. The highest BCUT2D eigenvalue weighted by Crippen LogP contribution is 2.42. The Morgan fingerprint density at radius 2 is 2.18 bits per heavy atom. The van der Waals surface area contributed by atoms with Gasteiger partial charge in [0.25, 0.3) is 0 Å². The Balaban J connectivity index is 2.67. The van der Waals surface area contributed by atoms with Crippen molar-refractivity contribution in [1.82, 2.24) is 0 Å². The molecule has 98 valence electrons. The quantitative estimate of drug-likeness (QED) is 0.451. The van der Waals surface area contributed by atoms with E-state index in [1.165, 1.54) is 0 Å². The van der Waals surface area contributed by atoms with Crippen molar-refractivity contribution in [1.29, 1.82) is 0 Å². The van der Waals surface area contributed by atoms with Gasteiger partial charge in [-0.25, -0.2) is 0 Å². The predicted molar refractivity (Wildman–Crippen MR) is 67.1 cm³/mol. The van der Waals surface area contributed by atoms with Gasteiger partial charge >= 0.3 is 11.9 Å². The Morgan fingerprint density at radius 1 is 1.47 bits per heavy atom. The third-order valence-corrected chi connectivity index (χ3v) is 3.82. The Kier molecular flexibility index (Phi) is 5.31. The molecule has 0 aromatic heterocycles. The largest absolute Gasteiger partial charge is 0.481 e. The Labute approximate surface area is 107 Å². The average molecular weight is 260 g/mol. The number of carboxylic acids is 1. The third kappa shape index (κ3) is 3.37. The number of thiol groups is 1. The third-order valence-electron chi connectivity index (χ3n) is 3.51. The van der Waals surface area contributed by atoms with Crippen molar-refractivity contribution in [3.63, 3.8) is 0 Å². The fourth-order valence-electron chi connectivity index (χ4n) is 2.37. The van der Waals surface area contributed by atoms with Crippen molar-refractivity contribution in [3.05, 3.63) is 0 Å². The summed E-state index contributed by atoms with van der Waals surface area (Å²) in [5.41, 5.74) is -0.860. The minimum atomic E-state index is -0.890. The zero-order chi connectivity index (χ0) is 12.9. The van der Waals surface area contributed by atoms with Gasteiger partial charge in [-0.3, -0.25) is 9.59 Å². The molecule has 0 spiro atoms. The topological polar surface area (TPSA) is 63.6 Å². The van der Waals surface area contributed by atoms with Crippen molar-refractivity contribution >= 4 is 24.6 Å². The standard InChI is InChI=1S/C12H20O4S/c1-12(11(15)16-7-4-8-17)6-3-2-5-9(12)10(13)14/h9,17H,2-8H2,1H3,(H,13,14). The van der Waals surface area contributed by atoms with Crippen LogP contribution in [0.5, 0.6) is 0 Å². The van der Waals surface area contributed by atoms with Gasteiger partial charge in [0, 0.05) is 0 Å². The highest BCUT2D eigenvalue weighted by molar-refractivity contribution is 7.80. The lowest BCUT2D eigenvalue weighted by Crippen LogP contribution is -2.43. The van der Waals surface area contributed by atoms with Crippen molar-refractivity contribution in [2.45, 2.75) is 39.0 Å². The first-order valence-electron chi connectivity index (χ1n) is 6.03. The molecule has 5 heteroatoms. The van der Waals surface area contributed by atoms with Gasteiger partial charge in [-0.15, -0.1) is 0 Å². The predicted octanol–water partition coefficient (Wildman–Crippen LogP) is 2.13. The van der Waals surface area contributed by atoms with Crippen molar-refractivity contribution < 1.29 is 19.4 Å². The fourth-order valence-corrected chi connectivity index (χ4v) is 2.50. The molecule has 1 saturated carbocycles. The first-order chi connectivity index (χ1) is 8.02. The van der Waals surface area contributed by atoms with Crippen LogP contribution in [-0.2, 0) is 14.3 Å². The monoisotopic (exact) mass is 260 g/mol. The molecule has 2 unspecified atom stereocenters. The van der Waals surface area contributed by atoms with E-state index in [1.807, 2.05) is 0 Å². The minimum Gasteiger partial charge on any atom is -0.481 e. The summed E-state index contributed by atoms with van der Waals surface area (Å²) in [5, 5.41) is 9.17. The van der Waals surface area contributed by atoms with Crippen LogP contribution in [0.1, 0.15) is 39.0 Å². The van der Waals surface area contributed by atoms with Gasteiger partial charge in [0.15, 0.2) is 0 Å². The summed E-state index contributed by atoms with van der Waals surface area (Å²) >= 11 is 4.04. The Bertz CT molecular complexity index is 292. The highest BCUT2D eigenvalue weighted by atomic mass is 32.1. The normalized spacial score (nSPS) is 28.7. The number of ether oxygens (including phenoxy) is 1. The maximum absolute atomic E-state index is 12.0. The molecule has 1 N–H and O–H groups in total. The smallest absolute Gasteiger partial charge is 0.312 e. The van der Waals surface area contributed by atoms with E-state index in [-0.39, 0.29) is 5.97 Å². The van der Waals surface area contributed by atoms with Crippen LogP contribution in [0.4, 0.5) is 0 Å². The second kappa shape index (κ2) is 6.28. The second-order valence-corrected chi connectivity index (χ2v) is 5.21. The van der Waals surface area contributed by atoms with Crippen LogP contribution in [-0.4, -0.2) is 29.4 Å². The lowest BCUT2D eigenvalue weighted by atomic mass is 9.67. The molecule has 0 radical (unpaired) electrons. The molecule has 0 aromatic rings. The van der Waals surface area contributed by atoms with Crippen LogP contribution in [0.15, 0.2) is 0 Å². The molecule has 17 heavy (non-hydrogen) atoms. The minimum absolute atomic E-state index is 0.324. The number of aliphatic carboxylic acids is 1. The van der Waals surface area contributed by atoms with Gasteiger partial charge in [0.05, 0.1) is 17.9 Å². The van der Waals surface area contributed by atoms with Crippen molar-refractivity contribution in [2.24, 2.45) is 11.3 Å². The summed E-state index contributed by atoms with van der Waals surface area (Å²) in [4.78, 5) is 23.2. The molecule has 1 aliphatic carbocycles. The summed E-state index contributed by atoms with van der Waals surface area (Å²) in [6.45, 7) is 2.04. The van der Waals surface area contributed by atoms with E-state index in [9.17, 15) is 14.7 Å². The van der Waals surface area contributed by atoms with E-state index < -0.39 is 17.3 Å². The summed E-state index contributed by atoms with van der Waals surface area (Å²) < 4.78 is 5.15. The first kappa shape index (κ1) is 14.4. The van der Waals surface area contributed by atoms with Gasteiger partial charge in [0.1, 0.15) is 0 Å². The van der Waals surface area contributed by atoms with Crippen LogP contribution < -0.4 is 0 Å². The molecule has 2 atom stereocenters. The van der Waals surface area contributed by atoms with E-state index in [1.54, 1.807) is 6.92 Å². The van der Waals surface area contributed by atoms with Gasteiger partial charge < -0.3 is 9.84 Å². The van der Waals surface area contributed by atoms with Crippen LogP contribution in [0, 0.1) is 11.3 Å². The maximum atomic E-state index is 12.0. The number of carbonyl (C=O) groups is 2. The molecule has 1 rings (SSSR count). The number of hydrogen-bond acceptors (Lipinski definition) is 4. The van der Waals surface area contributed by atoms with Crippen LogP contribution >= 0.6 is 12.6 Å². The van der Waals surface area contributed by atoms with E-state index in [0.717, 1.165) is 12.8 Å². The summed E-state index contributed by atoms with van der Waals surface area (Å²) in [6, 6.07) is 0. The van der Waals surface area contributed by atoms with Gasteiger partial charge in [-0.1, -0.05) is 12.8 Å².